The zero-order valence-corrected chi connectivity index (χ0v) is 14.6. The number of hydrogen-bond acceptors (Lipinski definition) is 4. The highest BCUT2D eigenvalue weighted by atomic mass is 79.9. The molecule has 0 saturated heterocycles. The summed E-state index contributed by atoms with van der Waals surface area (Å²) in [5.74, 6) is -0.391. The van der Waals surface area contributed by atoms with Crippen LogP contribution < -0.4 is 5.32 Å². The van der Waals surface area contributed by atoms with Crippen LogP contribution >= 0.6 is 15.9 Å². The molecule has 0 aliphatic carbocycles. The van der Waals surface area contributed by atoms with Crippen molar-refractivity contribution in [3.8, 4) is 0 Å². The quantitative estimate of drug-likeness (QED) is 0.764. The van der Waals surface area contributed by atoms with Crippen molar-refractivity contribution < 1.29 is 14.3 Å². The van der Waals surface area contributed by atoms with E-state index in [4.69, 9.17) is 4.74 Å². The Morgan fingerprint density at radius 1 is 1.33 bits per heavy atom. The zero-order valence-electron chi connectivity index (χ0n) is 13.0. The first-order valence-electron chi connectivity index (χ1n) is 6.90. The van der Waals surface area contributed by atoms with E-state index in [0.29, 0.717) is 10.9 Å². The number of hydrogen-bond donors (Lipinski definition) is 2. The Morgan fingerprint density at radius 2 is 1.95 bits per heavy atom. The summed E-state index contributed by atoms with van der Waals surface area (Å²) >= 11 is 3.38. The van der Waals surface area contributed by atoms with Crippen LogP contribution in [0.15, 0.2) is 4.47 Å². The van der Waals surface area contributed by atoms with Gasteiger partial charge in [-0.1, -0.05) is 27.7 Å². The third-order valence-corrected chi connectivity index (χ3v) is 3.83. The molecule has 1 heterocycles. The van der Waals surface area contributed by atoms with Crippen LogP contribution in [0.2, 0.25) is 0 Å². The number of nitrogens with one attached hydrogen (secondary N) is 2. The van der Waals surface area contributed by atoms with Crippen LogP contribution in [0.5, 0.6) is 0 Å². The van der Waals surface area contributed by atoms with Crippen LogP contribution in [0.25, 0.3) is 0 Å². The molecule has 0 spiro atoms. The van der Waals surface area contributed by atoms with Crippen LogP contribution in [0.1, 0.15) is 56.2 Å². The van der Waals surface area contributed by atoms with E-state index >= 15 is 0 Å². The molecule has 1 aromatic rings. The van der Waals surface area contributed by atoms with Gasteiger partial charge in [-0.05, 0) is 34.2 Å². The number of esters is 1. The summed E-state index contributed by atoms with van der Waals surface area (Å²) in [4.78, 5) is 24.0. The lowest BCUT2D eigenvalue weighted by atomic mass is 10.0. The van der Waals surface area contributed by atoms with Gasteiger partial charge in [0.2, 0.25) is 0 Å². The highest BCUT2D eigenvalue weighted by molar-refractivity contribution is 9.10. The lowest BCUT2D eigenvalue weighted by molar-refractivity contribution is -0.143. The van der Waals surface area contributed by atoms with E-state index in [0.717, 1.165) is 5.69 Å². The first-order chi connectivity index (χ1) is 9.77. The Hall–Kier alpha value is -1.37. The summed E-state index contributed by atoms with van der Waals surface area (Å²) in [5, 5.41) is 9.54. The molecule has 0 aliphatic heterocycles. The third kappa shape index (κ3) is 4.56. The van der Waals surface area contributed by atoms with E-state index in [1.54, 1.807) is 0 Å². The fraction of sp³-hybridized carbons (Fsp3) is 0.643. The molecule has 1 atom stereocenters. The van der Waals surface area contributed by atoms with Crippen molar-refractivity contribution in [1.29, 1.82) is 0 Å². The largest absolute Gasteiger partial charge is 0.467 e. The molecule has 118 valence electrons. The smallest absolute Gasteiger partial charge is 0.328 e. The first kappa shape index (κ1) is 17.7. The van der Waals surface area contributed by atoms with Gasteiger partial charge in [0.25, 0.3) is 5.91 Å². The molecule has 0 bridgehead atoms. The maximum absolute atomic E-state index is 12.3. The average Bonchev–Trinajstić information content (AvgIpc) is 2.78. The lowest BCUT2D eigenvalue weighted by Gasteiger charge is -2.17. The van der Waals surface area contributed by atoms with E-state index in [-0.39, 0.29) is 17.5 Å². The number of H-pyrrole nitrogens is 1. The zero-order chi connectivity index (χ0) is 16.2. The number of ether oxygens (including phenoxy) is 1. The molecule has 0 aromatic carbocycles. The second-order valence-electron chi connectivity index (χ2n) is 5.63. The minimum absolute atomic E-state index is 0.209. The van der Waals surface area contributed by atoms with Gasteiger partial charge in [-0.15, -0.1) is 0 Å². The highest BCUT2D eigenvalue weighted by Gasteiger charge is 2.26. The van der Waals surface area contributed by atoms with Gasteiger partial charge in [0.1, 0.15) is 6.04 Å². The minimum atomic E-state index is -0.673. The fourth-order valence-corrected chi connectivity index (χ4v) is 2.74. The van der Waals surface area contributed by atoms with E-state index in [2.05, 4.69) is 31.4 Å². The molecule has 0 radical (unpaired) electrons. The molecule has 21 heavy (non-hydrogen) atoms. The van der Waals surface area contributed by atoms with Gasteiger partial charge in [0, 0.05) is 0 Å². The minimum Gasteiger partial charge on any atom is -0.467 e. The number of rotatable bonds is 6. The molecule has 0 saturated carbocycles. The van der Waals surface area contributed by atoms with Gasteiger partial charge in [0.05, 0.1) is 17.3 Å². The van der Waals surface area contributed by atoms with Gasteiger partial charge in [-0.2, -0.15) is 5.10 Å². The molecular weight excluding hydrogens is 338 g/mol. The average molecular weight is 360 g/mol. The molecule has 0 fully saturated rings. The number of carbonyl (C=O) groups excluding carboxylic acids is 2. The molecule has 2 N–H and O–H groups in total. The second-order valence-corrected chi connectivity index (χ2v) is 6.43. The van der Waals surface area contributed by atoms with Crippen LogP contribution in [0.3, 0.4) is 0 Å². The van der Waals surface area contributed by atoms with Crippen molar-refractivity contribution in [3.05, 3.63) is 15.9 Å². The second kappa shape index (κ2) is 7.59. The summed E-state index contributed by atoms with van der Waals surface area (Å²) in [5.41, 5.74) is 1.09. The molecule has 1 amide bonds. The Balaban J connectivity index is 2.89. The summed E-state index contributed by atoms with van der Waals surface area (Å²) in [6.45, 7) is 7.94. The molecule has 1 rings (SSSR count). The summed E-state index contributed by atoms with van der Waals surface area (Å²) in [6, 6.07) is -0.673. The van der Waals surface area contributed by atoms with Crippen molar-refractivity contribution in [3.63, 3.8) is 0 Å². The van der Waals surface area contributed by atoms with Gasteiger partial charge in [-0.3, -0.25) is 9.89 Å². The van der Waals surface area contributed by atoms with Crippen molar-refractivity contribution in [2.45, 2.75) is 46.1 Å². The Labute approximate surface area is 133 Å². The van der Waals surface area contributed by atoms with Crippen LogP contribution in [-0.2, 0) is 9.53 Å². The van der Waals surface area contributed by atoms with E-state index < -0.39 is 17.9 Å². The van der Waals surface area contributed by atoms with Gasteiger partial charge >= 0.3 is 5.97 Å². The third-order valence-electron chi connectivity index (χ3n) is 3.02. The van der Waals surface area contributed by atoms with E-state index in [1.807, 2.05) is 27.7 Å². The Morgan fingerprint density at radius 3 is 2.38 bits per heavy atom. The van der Waals surface area contributed by atoms with Crippen molar-refractivity contribution in [1.82, 2.24) is 15.5 Å². The van der Waals surface area contributed by atoms with E-state index in [9.17, 15) is 9.59 Å². The Kier molecular flexibility index (Phi) is 6.39. The predicted octanol–water partition coefficient (Wildman–Crippen LogP) is 2.61. The van der Waals surface area contributed by atoms with Crippen LogP contribution in [-0.4, -0.2) is 35.2 Å². The molecular formula is C14H22BrN3O3. The monoisotopic (exact) mass is 359 g/mol. The van der Waals surface area contributed by atoms with Crippen molar-refractivity contribution >= 4 is 27.8 Å². The number of halogens is 1. The topological polar surface area (TPSA) is 84.1 Å². The number of carbonyl (C=O) groups is 2. The standard InChI is InChI=1S/C14H22BrN3O3/c1-7(2)6-9(14(20)21-5)16-13(19)12-10(15)11(8(3)4)17-18-12/h7-9H,6H2,1-5H3,(H,16,19)(H,17,18). The maximum atomic E-state index is 12.3. The molecule has 6 nitrogen and oxygen atoms in total. The van der Waals surface area contributed by atoms with Crippen LogP contribution in [0, 0.1) is 5.92 Å². The summed E-state index contributed by atoms with van der Waals surface area (Å²) < 4.78 is 5.36. The van der Waals surface area contributed by atoms with Gasteiger partial charge in [0.15, 0.2) is 5.69 Å². The summed E-state index contributed by atoms with van der Waals surface area (Å²) in [6.07, 6.45) is 0.511. The fourth-order valence-electron chi connectivity index (χ4n) is 1.93. The molecule has 1 unspecified atom stereocenters. The number of methoxy groups -OCH3 is 1. The van der Waals surface area contributed by atoms with Crippen LogP contribution in [0.4, 0.5) is 0 Å². The van der Waals surface area contributed by atoms with Gasteiger partial charge < -0.3 is 10.1 Å². The maximum Gasteiger partial charge on any atom is 0.328 e. The predicted molar refractivity (Wildman–Crippen MR) is 83.1 cm³/mol. The number of nitrogens with zero attached hydrogens (tertiary/aromatic N) is 1. The normalized spacial score (nSPS) is 12.6. The first-order valence-corrected chi connectivity index (χ1v) is 7.69. The van der Waals surface area contributed by atoms with Crippen molar-refractivity contribution in [2.24, 2.45) is 5.92 Å². The number of aromatic amines is 1. The molecule has 1 aromatic heterocycles. The van der Waals surface area contributed by atoms with Crippen molar-refractivity contribution in [2.75, 3.05) is 7.11 Å². The van der Waals surface area contributed by atoms with Gasteiger partial charge in [-0.25, -0.2) is 4.79 Å². The lowest BCUT2D eigenvalue weighted by Crippen LogP contribution is -2.42. The molecule has 0 aliphatic rings. The Bertz CT molecular complexity index is 512. The summed E-state index contributed by atoms with van der Waals surface area (Å²) in [7, 11) is 1.31. The number of aromatic nitrogens is 2. The molecule has 7 heteroatoms. The SMILES string of the molecule is COC(=O)C(CC(C)C)NC(=O)c1n[nH]c(C(C)C)c1Br. The number of amides is 1. The highest BCUT2D eigenvalue weighted by Crippen LogP contribution is 2.25. The van der Waals surface area contributed by atoms with E-state index in [1.165, 1.54) is 7.11 Å².